The molecule has 0 fully saturated rings. The summed E-state index contributed by atoms with van der Waals surface area (Å²) in [6.07, 6.45) is 1.93. The average molecular weight is 301 g/mol. The fraction of sp³-hybridized carbons (Fsp3) is 0.500. The molecule has 0 aliphatic carbocycles. The number of hydrogen-bond donors (Lipinski definition) is 1. The normalized spacial score (nSPS) is 11.3. The zero-order valence-electron chi connectivity index (χ0n) is 13.9. The van der Waals surface area contributed by atoms with E-state index in [0.717, 1.165) is 25.9 Å². The third kappa shape index (κ3) is 3.96. The van der Waals surface area contributed by atoms with Gasteiger partial charge in [0.25, 0.3) is 0 Å². The van der Waals surface area contributed by atoms with Crippen LogP contribution in [0.5, 0.6) is 0 Å². The van der Waals surface area contributed by atoms with Crippen LogP contribution in [-0.4, -0.2) is 32.9 Å². The van der Waals surface area contributed by atoms with E-state index in [0.29, 0.717) is 6.54 Å². The Morgan fingerprint density at radius 2 is 1.82 bits per heavy atom. The lowest BCUT2D eigenvalue weighted by atomic mass is 10.1. The summed E-state index contributed by atoms with van der Waals surface area (Å²) in [4.78, 5) is 2.30. The van der Waals surface area contributed by atoms with E-state index in [1.165, 1.54) is 22.5 Å². The van der Waals surface area contributed by atoms with E-state index in [4.69, 9.17) is 0 Å². The zero-order valence-corrected chi connectivity index (χ0v) is 13.9. The minimum absolute atomic E-state index is 0.177. The average Bonchev–Trinajstić information content (AvgIpc) is 2.83. The van der Waals surface area contributed by atoms with E-state index < -0.39 is 0 Å². The summed E-state index contributed by atoms with van der Waals surface area (Å²) in [6.45, 7) is 6.87. The predicted molar refractivity (Wildman–Crippen MR) is 89.6 cm³/mol. The molecule has 2 aromatic rings. The first-order valence-electron chi connectivity index (χ1n) is 8.10. The fourth-order valence-electron chi connectivity index (χ4n) is 2.99. The lowest BCUT2D eigenvalue weighted by molar-refractivity contribution is 0.183. The number of nitrogens with zero attached hydrogens (tertiary/aromatic N) is 3. The number of aliphatic hydroxyl groups is 1. The molecule has 0 radical (unpaired) electrons. The molecule has 0 amide bonds. The van der Waals surface area contributed by atoms with Gasteiger partial charge in [-0.25, -0.2) is 0 Å². The molecule has 4 nitrogen and oxygen atoms in total. The first-order chi connectivity index (χ1) is 10.7. The highest BCUT2D eigenvalue weighted by molar-refractivity contribution is 5.27. The Labute approximate surface area is 133 Å². The van der Waals surface area contributed by atoms with Crippen LogP contribution >= 0.6 is 0 Å². The van der Waals surface area contributed by atoms with Gasteiger partial charge in [0.1, 0.15) is 0 Å². The maximum absolute atomic E-state index is 9.39. The molecule has 0 bridgehead atoms. The largest absolute Gasteiger partial charge is 0.395 e. The van der Waals surface area contributed by atoms with Crippen molar-refractivity contribution in [3.63, 3.8) is 0 Å². The van der Waals surface area contributed by atoms with Gasteiger partial charge in [-0.1, -0.05) is 44.2 Å². The number of benzene rings is 1. The first-order valence-corrected chi connectivity index (χ1v) is 8.10. The van der Waals surface area contributed by atoms with E-state index in [2.05, 4.69) is 48.1 Å². The van der Waals surface area contributed by atoms with Gasteiger partial charge < -0.3 is 5.11 Å². The second kappa shape index (κ2) is 8.11. The summed E-state index contributed by atoms with van der Waals surface area (Å²) < 4.78 is 2.01. The van der Waals surface area contributed by atoms with Gasteiger partial charge in [0, 0.05) is 37.9 Å². The van der Waals surface area contributed by atoms with Crippen molar-refractivity contribution in [3.8, 4) is 0 Å². The fourth-order valence-corrected chi connectivity index (χ4v) is 2.99. The van der Waals surface area contributed by atoms with Gasteiger partial charge in [-0.3, -0.25) is 9.58 Å². The zero-order chi connectivity index (χ0) is 15.9. The SMILES string of the molecule is CCc1nn(C)c(CC)c1CN(CCO)Cc1ccccc1. The van der Waals surface area contributed by atoms with Gasteiger partial charge in [0.15, 0.2) is 0 Å². The molecule has 0 aliphatic heterocycles. The van der Waals surface area contributed by atoms with Crippen molar-refractivity contribution in [2.75, 3.05) is 13.2 Å². The van der Waals surface area contributed by atoms with Crippen LogP contribution < -0.4 is 0 Å². The number of hydrogen-bond acceptors (Lipinski definition) is 3. The van der Waals surface area contributed by atoms with Crippen LogP contribution in [0.4, 0.5) is 0 Å². The Morgan fingerprint density at radius 1 is 1.09 bits per heavy atom. The molecule has 1 N–H and O–H groups in total. The van der Waals surface area contributed by atoms with Crippen molar-refractivity contribution in [1.82, 2.24) is 14.7 Å². The molecule has 2 rings (SSSR count). The van der Waals surface area contributed by atoms with Crippen molar-refractivity contribution in [2.24, 2.45) is 7.05 Å². The molecule has 22 heavy (non-hydrogen) atoms. The van der Waals surface area contributed by atoms with Crippen LogP contribution in [0.3, 0.4) is 0 Å². The van der Waals surface area contributed by atoms with Crippen molar-refractivity contribution >= 4 is 0 Å². The third-order valence-electron chi connectivity index (χ3n) is 4.07. The smallest absolute Gasteiger partial charge is 0.0669 e. The molecule has 0 saturated heterocycles. The number of rotatable bonds is 8. The van der Waals surface area contributed by atoms with Gasteiger partial charge in [0.2, 0.25) is 0 Å². The molecule has 1 aromatic carbocycles. The highest BCUT2D eigenvalue weighted by atomic mass is 16.3. The summed E-state index contributed by atoms with van der Waals surface area (Å²) in [6, 6.07) is 10.4. The Morgan fingerprint density at radius 3 is 2.41 bits per heavy atom. The van der Waals surface area contributed by atoms with Crippen LogP contribution in [0.25, 0.3) is 0 Å². The van der Waals surface area contributed by atoms with E-state index >= 15 is 0 Å². The molecule has 1 aromatic heterocycles. The first kappa shape index (κ1) is 16.7. The molecule has 0 saturated carbocycles. The van der Waals surface area contributed by atoms with Crippen molar-refractivity contribution < 1.29 is 5.11 Å². The minimum Gasteiger partial charge on any atom is -0.395 e. The summed E-state index contributed by atoms with van der Waals surface area (Å²) in [7, 11) is 2.02. The molecular formula is C18H27N3O. The summed E-state index contributed by atoms with van der Waals surface area (Å²) >= 11 is 0. The van der Waals surface area contributed by atoms with Crippen LogP contribution in [0.15, 0.2) is 30.3 Å². The maximum atomic E-state index is 9.39. The van der Waals surface area contributed by atoms with Gasteiger partial charge in [-0.05, 0) is 18.4 Å². The van der Waals surface area contributed by atoms with Gasteiger partial charge in [0.05, 0.1) is 12.3 Å². The van der Waals surface area contributed by atoms with Crippen molar-refractivity contribution in [2.45, 2.75) is 39.8 Å². The quantitative estimate of drug-likeness (QED) is 0.814. The summed E-state index contributed by atoms with van der Waals surface area (Å²) in [5, 5.41) is 14.0. The van der Waals surface area contributed by atoms with Gasteiger partial charge in [-0.2, -0.15) is 5.10 Å². The predicted octanol–water partition coefficient (Wildman–Crippen LogP) is 2.54. The molecule has 0 spiro atoms. The molecule has 0 aliphatic rings. The molecular weight excluding hydrogens is 274 g/mol. The summed E-state index contributed by atoms with van der Waals surface area (Å²) in [5.41, 5.74) is 5.08. The van der Waals surface area contributed by atoms with E-state index in [-0.39, 0.29) is 6.61 Å². The van der Waals surface area contributed by atoms with Gasteiger partial charge >= 0.3 is 0 Å². The van der Waals surface area contributed by atoms with E-state index in [9.17, 15) is 5.11 Å². The summed E-state index contributed by atoms with van der Waals surface area (Å²) in [5.74, 6) is 0. The number of aromatic nitrogens is 2. The van der Waals surface area contributed by atoms with E-state index in [1.807, 2.05) is 17.8 Å². The minimum atomic E-state index is 0.177. The maximum Gasteiger partial charge on any atom is 0.0669 e. The monoisotopic (exact) mass is 301 g/mol. The molecule has 0 unspecified atom stereocenters. The second-order valence-corrected chi connectivity index (χ2v) is 5.62. The standard InChI is InChI=1S/C18H27N3O/c1-4-17-16(18(5-2)20(3)19-17)14-21(11-12-22)13-15-9-7-6-8-10-15/h6-10,22H,4-5,11-14H2,1-3H3. The molecule has 1 heterocycles. The number of aryl methyl sites for hydroxylation is 2. The molecule has 120 valence electrons. The van der Waals surface area contributed by atoms with Crippen LogP contribution in [0, 0.1) is 0 Å². The lowest BCUT2D eigenvalue weighted by Gasteiger charge is -2.22. The van der Waals surface area contributed by atoms with E-state index in [1.54, 1.807) is 0 Å². The van der Waals surface area contributed by atoms with Crippen molar-refractivity contribution in [3.05, 3.63) is 52.8 Å². The topological polar surface area (TPSA) is 41.3 Å². The Kier molecular flexibility index (Phi) is 6.16. The van der Waals surface area contributed by atoms with Crippen molar-refractivity contribution in [1.29, 1.82) is 0 Å². The second-order valence-electron chi connectivity index (χ2n) is 5.62. The van der Waals surface area contributed by atoms with Gasteiger partial charge in [-0.15, -0.1) is 0 Å². The van der Waals surface area contributed by atoms with Crippen LogP contribution in [-0.2, 0) is 33.0 Å². The Bertz CT molecular complexity index is 578. The lowest BCUT2D eigenvalue weighted by Crippen LogP contribution is -2.27. The number of aliphatic hydroxyl groups excluding tert-OH is 1. The Balaban J connectivity index is 2.20. The van der Waals surface area contributed by atoms with Crippen LogP contribution in [0.2, 0.25) is 0 Å². The molecule has 4 heteroatoms. The Hall–Kier alpha value is -1.65. The highest BCUT2D eigenvalue weighted by Gasteiger charge is 2.17. The third-order valence-corrected chi connectivity index (χ3v) is 4.07. The molecule has 0 atom stereocenters. The van der Waals surface area contributed by atoms with Crippen LogP contribution in [0.1, 0.15) is 36.4 Å². The highest BCUT2D eigenvalue weighted by Crippen LogP contribution is 2.19.